The molecule has 0 spiro atoms. The van der Waals surface area contributed by atoms with Crippen molar-refractivity contribution < 1.29 is 9.13 Å². The summed E-state index contributed by atoms with van der Waals surface area (Å²) < 4.78 is 20.1. The third-order valence-corrected chi connectivity index (χ3v) is 3.13. The molecule has 15 heavy (non-hydrogen) atoms. The van der Waals surface area contributed by atoms with Crippen LogP contribution >= 0.6 is 15.9 Å². The molecular formula is C11H13BrFNO. The number of hydrogen-bond acceptors (Lipinski definition) is 2. The van der Waals surface area contributed by atoms with Gasteiger partial charge in [0.2, 0.25) is 0 Å². The fourth-order valence-corrected chi connectivity index (χ4v) is 2.16. The standard InChI is InChI=1S/C11H13BrFNO/c1-15-10-3-2-9(12)4-8(10)5-11(13)6-14-7-11/h2-4,14H,5-7H2,1H3. The summed E-state index contributed by atoms with van der Waals surface area (Å²) in [6.45, 7) is 0.866. The van der Waals surface area contributed by atoms with Crippen LogP contribution in [0.5, 0.6) is 5.75 Å². The van der Waals surface area contributed by atoms with Gasteiger partial charge in [-0.15, -0.1) is 0 Å². The smallest absolute Gasteiger partial charge is 0.139 e. The molecule has 1 aliphatic heterocycles. The Bertz CT molecular complexity index is 366. The number of benzene rings is 1. The van der Waals surface area contributed by atoms with Crippen molar-refractivity contribution in [2.24, 2.45) is 0 Å². The number of halogens is 2. The van der Waals surface area contributed by atoms with Crippen LogP contribution in [0.4, 0.5) is 4.39 Å². The third kappa shape index (κ3) is 2.32. The Morgan fingerprint density at radius 1 is 1.53 bits per heavy atom. The number of ether oxygens (including phenoxy) is 1. The molecule has 1 aromatic rings. The van der Waals surface area contributed by atoms with Crippen LogP contribution in [0.25, 0.3) is 0 Å². The van der Waals surface area contributed by atoms with E-state index >= 15 is 0 Å². The van der Waals surface area contributed by atoms with E-state index in [0.717, 1.165) is 15.8 Å². The number of nitrogens with one attached hydrogen (secondary N) is 1. The van der Waals surface area contributed by atoms with Crippen LogP contribution in [-0.4, -0.2) is 25.9 Å². The molecule has 0 amide bonds. The molecular weight excluding hydrogens is 261 g/mol. The monoisotopic (exact) mass is 273 g/mol. The van der Waals surface area contributed by atoms with Crippen molar-refractivity contribution in [1.29, 1.82) is 0 Å². The van der Waals surface area contributed by atoms with Crippen molar-refractivity contribution >= 4 is 15.9 Å². The highest BCUT2D eigenvalue weighted by atomic mass is 79.9. The molecule has 0 saturated carbocycles. The summed E-state index contributed by atoms with van der Waals surface area (Å²) >= 11 is 3.38. The first-order chi connectivity index (χ1) is 7.13. The lowest BCUT2D eigenvalue weighted by molar-refractivity contribution is 0.0904. The van der Waals surface area contributed by atoms with Gasteiger partial charge in [-0.05, 0) is 23.8 Å². The van der Waals surface area contributed by atoms with E-state index in [0.29, 0.717) is 19.5 Å². The van der Waals surface area contributed by atoms with Crippen LogP contribution in [0, 0.1) is 0 Å². The highest BCUT2D eigenvalue weighted by Crippen LogP contribution is 2.30. The number of rotatable bonds is 3. The van der Waals surface area contributed by atoms with Crippen molar-refractivity contribution in [3.05, 3.63) is 28.2 Å². The van der Waals surface area contributed by atoms with Gasteiger partial charge >= 0.3 is 0 Å². The van der Waals surface area contributed by atoms with Crippen LogP contribution < -0.4 is 10.1 Å². The molecule has 0 aliphatic carbocycles. The van der Waals surface area contributed by atoms with Gasteiger partial charge in [0.25, 0.3) is 0 Å². The van der Waals surface area contributed by atoms with E-state index in [1.807, 2.05) is 18.2 Å². The average Bonchev–Trinajstić information content (AvgIpc) is 2.16. The molecule has 1 aromatic carbocycles. The van der Waals surface area contributed by atoms with Crippen molar-refractivity contribution in [2.45, 2.75) is 12.1 Å². The van der Waals surface area contributed by atoms with Crippen LogP contribution in [-0.2, 0) is 6.42 Å². The SMILES string of the molecule is COc1ccc(Br)cc1CC1(F)CNC1. The minimum atomic E-state index is -1.10. The average molecular weight is 274 g/mol. The predicted octanol–water partition coefficient (Wildman–Crippen LogP) is 2.31. The molecule has 2 rings (SSSR count). The van der Waals surface area contributed by atoms with E-state index in [4.69, 9.17) is 4.74 Å². The quantitative estimate of drug-likeness (QED) is 0.913. The number of hydrogen-bond donors (Lipinski definition) is 1. The van der Waals surface area contributed by atoms with Crippen molar-refractivity contribution in [2.75, 3.05) is 20.2 Å². The summed E-state index contributed by atoms with van der Waals surface area (Å²) in [5.41, 5.74) is -0.190. The van der Waals surface area contributed by atoms with E-state index < -0.39 is 5.67 Å². The molecule has 0 unspecified atom stereocenters. The van der Waals surface area contributed by atoms with E-state index in [9.17, 15) is 4.39 Å². The lowest BCUT2D eigenvalue weighted by atomic mass is 9.90. The summed E-state index contributed by atoms with van der Waals surface area (Å²) in [6, 6.07) is 5.67. The molecule has 0 atom stereocenters. The van der Waals surface area contributed by atoms with Gasteiger partial charge in [-0.1, -0.05) is 15.9 Å². The fourth-order valence-electron chi connectivity index (χ4n) is 1.75. The summed E-state index contributed by atoms with van der Waals surface area (Å²) in [5.74, 6) is 0.752. The summed E-state index contributed by atoms with van der Waals surface area (Å²) in [6.07, 6.45) is 0.405. The Morgan fingerprint density at radius 2 is 2.27 bits per heavy atom. The lowest BCUT2D eigenvalue weighted by Gasteiger charge is -2.35. The zero-order valence-corrected chi connectivity index (χ0v) is 10.1. The van der Waals surface area contributed by atoms with Crippen molar-refractivity contribution in [3.8, 4) is 5.75 Å². The Balaban J connectivity index is 2.21. The van der Waals surface area contributed by atoms with Crippen LogP contribution in [0.3, 0.4) is 0 Å². The number of methoxy groups -OCH3 is 1. The highest BCUT2D eigenvalue weighted by molar-refractivity contribution is 9.10. The maximum absolute atomic E-state index is 13.9. The Morgan fingerprint density at radius 3 is 2.80 bits per heavy atom. The highest BCUT2D eigenvalue weighted by Gasteiger charge is 2.37. The summed E-state index contributed by atoms with van der Waals surface area (Å²) in [5, 5.41) is 2.95. The Hall–Kier alpha value is -0.610. The molecule has 2 nitrogen and oxygen atoms in total. The van der Waals surface area contributed by atoms with E-state index in [2.05, 4.69) is 21.2 Å². The van der Waals surface area contributed by atoms with Crippen molar-refractivity contribution in [1.82, 2.24) is 5.32 Å². The lowest BCUT2D eigenvalue weighted by Crippen LogP contribution is -2.57. The fraction of sp³-hybridized carbons (Fsp3) is 0.455. The van der Waals surface area contributed by atoms with Gasteiger partial charge in [0.1, 0.15) is 11.4 Å². The maximum atomic E-state index is 13.9. The Kier molecular flexibility index (Phi) is 2.98. The molecule has 82 valence electrons. The molecule has 1 heterocycles. The minimum absolute atomic E-state index is 0.405. The van der Waals surface area contributed by atoms with Crippen LogP contribution in [0.15, 0.2) is 22.7 Å². The van der Waals surface area contributed by atoms with E-state index in [1.54, 1.807) is 7.11 Å². The van der Waals surface area contributed by atoms with Gasteiger partial charge in [0.15, 0.2) is 0 Å². The van der Waals surface area contributed by atoms with Gasteiger partial charge in [-0.3, -0.25) is 0 Å². The molecule has 1 N–H and O–H groups in total. The molecule has 0 bridgehead atoms. The van der Waals surface area contributed by atoms with Gasteiger partial charge < -0.3 is 10.1 Å². The van der Waals surface area contributed by atoms with Gasteiger partial charge in [-0.2, -0.15) is 0 Å². The normalized spacial score (nSPS) is 18.3. The summed E-state index contributed by atoms with van der Waals surface area (Å²) in [7, 11) is 1.61. The van der Waals surface area contributed by atoms with E-state index in [1.165, 1.54) is 0 Å². The molecule has 1 fully saturated rings. The molecule has 0 radical (unpaired) electrons. The first-order valence-electron chi connectivity index (χ1n) is 4.85. The molecule has 4 heteroatoms. The Labute approximate surface area is 96.9 Å². The van der Waals surface area contributed by atoms with Gasteiger partial charge in [-0.25, -0.2) is 4.39 Å². The first kappa shape index (κ1) is 10.9. The van der Waals surface area contributed by atoms with Crippen LogP contribution in [0.2, 0.25) is 0 Å². The zero-order valence-electron chi connectivity index (χ0n) is 8.52. The predicted molar refractivity (Wildman–Crippen MR) is 61.1 cm³/mol. The van der Waals surface area contributed by atoms with E-state index in [-0.39, 0.29) is 0 Å². The summed E-state index contributed by atoms with van der Waals surface area (Å²) in [4.78, 5) is 0. The van der Waals surface area contributed by atoms with Crippen LogP contribution in [0.1, 0.15) is 5.56 Å². The largest absolute Gasteiger partial charge is 0.496 e. The van der Waals surface area contributed by atoms with Gasteiger partial charge in [0, 0.05) is 24.0 Å². The topological polar surface area (TPSA) is 21.3 Å². The van der Waals surface area contributed by atoms with Crippen molar-refractivity contribution in [3.63, 3.8) is 0 Å². The molecule has 1 aliphatic rings. The second-order valence-electron chi connectivity index (χ2n) is 3.89. The van der Waals surface area contributed by atoms with Gasteiger partial charge in [0.05, 0.1) is 7.11 Å². The second kappa shape index (κ2) is 4.10. The minimum Gasteiger partial charge on any atom is -0.496 e. The zero-order chi connectivity index (χ0) is 10.9. The maximum Gasteiger partial charge on any atom is 0.139 e. The third-order valence-electron chi connectivity index (χ3n) is 2.63. The molecule has 1 saturated heterocycles. The molecule has 0 aromatic heterocycles. The first-order valence-corrected chi connectivity index (χ1v) is 5.64. The number of alkyl halides is 1. The second-order valence-corrected chi connectivity index (χ2v) is 4.80.